The van der Waals surface area contributed by atoms with E-state index in [1.807, 2.05) is 0 Å². The van der Waals surface area contributed by atoms with Gasteiger partial charge in [-0.3, -0.25) is 9.59 Å². The van der Waals surface area contributed by atoms with Gasteiger partial charge >= 0.3 is 6.36 Å². The maximum absolute atomic E-state index is 12.9. The number of alkyl halides is 3. The molecular weight excluding hydrogens is 451 g/mol. The van der Waals surface area contributed by atoms with Crippen LogP contribution in [0.5, 0.6) is 5.75 Å². The summed E-state index contributed by atoms with van der Waals surface area (Å²) in [6, 6.07) is 11.6. The van der Waals surface area contributed by atoms with Crippen molar-refractivity contribution in [1.82, 2.24) is 19.9 Å². The summed E-state index contributed by atoms with van der Waals surface area (Å²) in [7, 11) is 0. The number of aromatic nitrogens is 3. The van der Waals surface area contributed by atoms with Crippen LogP contribution in [0.4, 0.5) is 18.9 Å². The highest BCUT2D eigenvalue weighted by Gasteiger charge is 2.33. The fourth-order valence-electron chi connectivity index (χ4n) is 4.36. The number of H-pyrrole nitrogens is 1. The first-order valence-corrected chi connectivity index (χ1v) is 10.7. The number of carbonyl (C=O) groups is 1. The molecule has 0 atom stereocenters. The van der Waals surface area contributed by atoms with Crippen LogP contribution >= 0.6 is 0 Å². The van der Waals surface area contributed by atoms with E-state index in [0.29, 0.717) is 22.2 Å². The molecule has 3 heterocycles. The highest BCUT2D eigenvalue weighted by Crippen LogP contribution is 2.32. The summed E-state index contributed by atoms with van der Waals surface area (Å²) in [5.41, 5.74) is 1.43. The zero-order valence-electron chi connectivity index (χ0n) is 17.8. The summed E-state index contributed by atoms with van der Waals surface area (Å²) in [4.78, 5) is 28.2. The third kappa shape index (κ3) is 4.21. The lowest BCUT2D eigenvalue weighted by Crippen LogP contribution is -2.28. The van der Waals surface area contributed by atoms with Gasteiger partial charge in [0, 0.05) is 12.0 Å². The third-order valence-electron chi connectivity index (χ3n) is 5.83. The molecule has 11 heteroatoms. The predicted molar refractivity (Wildman–Crippen MR) is 119 cm³/mol. The fourth-order valence-corrected chi connectivity index (χ4v) is 4.36. The molecule has 0 aliphatic carbocycles. The lowest BCUT2D eigenvalue weighted by Gasteiger charge is -2.23. The van der Waals surface area contributed by atoms with E-state index in [1.54, 1.807) is 22.7 Å². The number of carbonyl (C=O) groups excluding carboxylic acids is 1. The van der Waals surface area contributed by atoms with Crippen molar-refractivity contribution in [3.63, 3.8) is 0 Å². The second kappa shape index (κ2) is 8.49. The van der Waals surface area contributed by atoms with E-state index < -0.39 is 18.0 Å². The van der Waals surface area contributed by atoms with Gasteiger partial charge < -0.3 is 20.4 Å². The largest absolute Gasteiger partial charge is 0.573 e. The first kappa shape index (κ1) is 22.0. The maximum Gasteiger partial charge on any atom is 0.573 e. The van der Waals surface area contributed by atoms with Crippen LogP contribution in [-0.4, -0.2) is 40.0 Å². The van der Waals surface area contributed by atoms with Crippen molar-refractivity contribution < 1.29 is 22.7 Å². The number of hydrogen-bond donors (Lipinski definition) is 3. The van der Waals surface area contributed by atoms with Crippen molar-refractivity contribution >= 4 is 28.1 Å². The van der Waals surface area contributed by atoms with E-state index in [1.165, 1.54) is 24.3 Å². The minimum atomic E-state index is -4.94. The molecule has 8 nitrogen and oxygen atoms in total. The number of aromatic amines is 1. The topological polar surface area (TPSA) is 101 Å². The number of rotatable bonds is 4. The Hall–Kier alpha value is -3.86. The third-order valence-corrected chi connectivity index (χ3v) is 5.83. The molecule has 2 aromatic heterocycles. The van der Waals surface area contributed by atoms with Crippen LogP contribution in [0.25, 0.3) is 16.6 Å². The molecular formula is C23H20F3N5O3. The molecule has 5 rings (SSSR count). The molecule has 1 amide bonds. The lowest BCUT2D eigenvalue weighted by molar-refractivity contribution is -0.274. The van der Waals surface area contributed by atoms with E-state index in [2.05, 4.69) is 25.5 Å². The van der Waals surface area contributed by atoms with Crippen LogP contribution in [0, 0.1) is 0 Å². The molecule has 34 heavy (non-hydrogen) atoms. The minimum absolute atomic E-state index is 0.143. The van der Waals surface area contributed by atoms with Gasteiger partial charge in [0.25, 0.3) is 11.5 Å². The van der Waals surface area contributed by atoms with Crippen molar-refractivity contribution in [3.05, 3.63) is 70.1 Å². The summed E-state index contributed by atoms with van der Waals surface area (Å²) in [6.07, 6.45) is -3.23. The summed E-state index contributed by atoms with van der Waals surface area (Å²) in [5, 5.41) is 11.1. The molecule has 0 saturated carbocycles. The molecule has 1 saturated heterocycles. The molecule has 2 aromatic carbocycles. The normalized spacial score (nSPS) is 15.0. The van der Waals surface area contributed by atoms with E-state index in [9.17, 15) is 22.8 Å². The average molecular weight is 471 g/mol. The summed E-state index contributed by atoms with van der Waals surface area (Å²) < 4.78 is 44.0. The highest BCUT2D eigenvalue weighted by molar-refractivity contribution is 6.12. The van der Waals surface area contributed by atoms with Crippen molar-refractivity contribution in [2.45, 2.75) is 25.1 Å². The Morgan fingerprint density at radius 2 is 1.88 bits per heavy atom. The Labute approximate surface area is 190 Å². The van der Waals surface area contributed by atoms with Crippen molar-refractivity contribution in [2.24, 2.45) is 0 Å². The highest BCUT2D eigenvalue weighted by atomic mass is 19.4. The van der Waals surface area contributed by atoms with Gasteiger partial charge in [-0.1, -0.05) is 18.2 Å². The number of halogens is 3. The summed E-state index contributed by atoms with van der Waals surface area (Å²) in [6.45, 7) is 1.67. The van der Waals surface area contributed by atoms with Crippen molar-refractivity contribution in [2.75, 3.05) is 18.4 Å². The Balaban J connectivity index is 1.58. The first-order chi connectivity index (χ1) is 16.3. The van der Waals surface area contributed by atoms with E-state index in [0.717, 1.165) is 37.7 Å². The summed E-state index contributed by atoms with van der Waals surface area (Å²) >= 11 is 0. The maximum atomic E-state index is 12.9. The van der Waals surface area contributed by atoms with Crippen LogP contribution in [0.3, 0.4) is 0 Å². The van der Waals surface area contributed by atoms with Gasteiger partial charge in [0.1, 0.15) is 11.4 Å². The van der Waals surface area contributed by atoms with Crippen LogP contribution < -0.4 is 20.9 Å². The van der Waals surface area contributed by atoms with E-state index >= 15 is 0 Å². The quantitative estimate of drug-likeness (QED) is 0.421. The molecule has 0 radical (unpaired) electrons. The van der Waals surface area contributed by atoms with Crippen molar-refractivity contribution in [1.29, 1.82) is 0 Å². The smallest absolute Gasteiger partial charge is 0.405 e. The van der Waals surface area contributed by atoms with Gasteiger partial charge in [0.05, 0.1) is 27.8 Å². The van der Waals surface area contributed by atoms with E-state index in [-0.39, 0.29) is 17.0 Å². The van der Waals surface area contributed by atoms with Crippen LogP contribution in [0.15, 0.2) is 53.3 Å². The second-order valence-electron chi connectivity index (χ2n) is 8.04. The van der Waals surface area contributed by atoms with Gasteiger partial charge in [-0.25, -0.2) is 4.52 Å². The van der Waals surface area contributed by atoms with Crippen molar-refractivity contribution in [3.8, 4) is 5.75 Å². The number of para-hydroxylation sites is 1. The SMILES string of the molecule is O=C(Nc1cccc2nn3c(C4CCNCC4)cc(=O)[nH]c3c12)c1ccccc1OC(F)(F)F. The van der Waals surface area contributed by atoms with Gasteiger partial charge in [-0.05, 0) is 50.2 Å². The van der Waals surface area contributed by atoms with Crippen LogP contribution in [0.1, 0.15) is 34.8 Å². The average Bonchev–Trinajstić information content (AvgIpc) is 3.18. The number of nitrogens with one attached hydrogen (secondary N) is 3. The number of nitrogens with zero attached hydrogens (tertiary/aromatic N) is 2. The number of piperidine rings is 1. The Morgan fingerprint density at radius 3 is 2.65 bits per heavy atom. The van der Waals surface area contributed by atoms with E-state index in [4.69, 9.17) is 0 Å². The lowest BCUT2D eigenvalue weighted by atomic mass is 9.94. The fraction of sp³-hybridized carbons (Fsp3) is 0.261. The molecule has 0 bridgehead atoms. The number of benzene rings is 2. The number of amides is 1. The molecule has 0 spiro atoms. The van der Waals surface area contributed by atoms with Crippen LogP contribution in [-0.2, 0) is 0 Å². The predicted octanol–water partition coefficient (Wildman–Crippen LogP) is 3.79. The molecule has 1 fully saturated rings. The molecule has 176 valence electrons. The molecule has 4 aromatic rings. The molecule has 0 unspecified atom stereocenters. The Kier molecular flexibility index (Phi) is 5.48. The number of hydrogen-bond acceptors (Lipinski definition) is 5. The standard InChI is InChI=1S/C23H20F3N5O3/c24-23(25,26)34-18-7-2-1-4-14(18)22(33)28-15-5-3-6-16-20(15)21-29-19(32)12-17(31(21)30-16)13-8-10-27-11-9-13/h1-7,12-13,27H,8-11H2,(H,28,33)(H,29,32). The molecule has 1 aliphatic rings. The Bertz CT molecular complexity index is 1440. The zero-order valence-corrected chi connectivity index (χ0v) is 17.8. The Morgan fingerprint density at radius 1 is 1.12 bits per heavy atom. The van der Waals surface area contributed by atoms with Crippen LogP contribution in [0.2, 0.25) is 0 Å². The van der Waals surface area contributed by atoms with Gasteiger partial charge in [0.15, 0.2) is 0 Å². The number of ether oxygens (including phenoxy) is 1. The first-order valence-electron chi connectivity index (χ1n) is 10.7. The zero-order chi connectivity index (χ0) is 23.9. The number of anilines is 1. The van der Waals surface area contributed by atoms with Gasteiger partial charge in [-0.2, -0.15) is 5.10 Å². The second-order valence-corrected chi connectivity index (χ2v) is 8.04. The molecule has 1 aliphatic heterocycles. The summed E-state index contributed by atoms with van der Waals surface area (Å²) in [5.74, 6) is -1.26. The van der Waals surface area contributed by atoms with Gasteiger partial charge in [-0.15, -0.1) is 13.2 Å². The molecule has 3 N–H and O–H groups in total. The monoisotopic (exact) mass is 471 g/mol. The minimum Gasteiger partial charge on any atom is -0.405 e. The van der Waals surface area contributed by atoms with Gasteiger partial charge in [0.2, 0.25) is 0 Å². The number of fused-ring (bicyclic) bond motifs is 3.